The molecule has 4 N–H and O–H groups in total. The van der Waals surface area contributed by atoms with Crippen LogP contribution in [-0.4, -0.2) is 29.6 Å². The van der Waals surface area contributed by atoms with Crippen molar-refractivity contribution in [3.05, 3.63) is 0 Å². The van der Waals surface area contributed by atoms with Crippen molar-refractivity contribution in [2.75, 3.05) is 6.54 Å². The predicted molar refractivity (Wildman–Crippen MR) is 75.8 cm³/mol. The van der Waals surface area contributed by atoms with E-state index < -0.39 is 5.97 Å². The van der Waals surface area contributed by atoms with Gasteiger partial charge in [-0.15, -0.1) is 0 Å². The highest BCUT2D eigenvalue weighted by molar-refractivity contribution is 5.81. The fourth-order valence-electron chi connectivity index (χ4n) is 1.81. The van der Waals surface area contributed by atoms with Crippen molar-refractivity contribution < 1.29 is 14.7 Å². The number of hydrogen-bond donors (Lipinski definition) is 3. The van der Waals surface area contributed by atoms with Crippen molar-refractivity contribution >= 4 is 11.9 Å². The number of rotatable bonds is 12. The zero-order valence-electron chi connectivity index (χ0n) is 12.0. The number of nitrogens with two attached hydrogens (primary N) is 1. The first-order valence-corrected chi connectivity index (χ1v) is 7.33. The third-order valence-corrected chi connectivity index (χ3v) is 3.14. The van der Waals surface area contributed by atoms with E-state index in [1.165, 1.54) is 0 Å². The monoisotopic (exact) mass is 272 g/mol. The van der Waals surface area contributed by atoms with Gasteiger partial charge in [-0.1, -0.05) is 39.0 Å². The van der Waals surface area contributed by atoms with Crippen molar-refractivity contribution in [3.63, 3.8) is 0 Å². The number of amides is 1. The van der Waals surface area contributed by atoms with E-state index in [1.54, 1.807) is 0 Å². The number of hydrogen-bond acceptors (Lipinski definition) is 3. The van der Waals surface area contributed by atoms with Crippen molar-refractivity contribution in [1.82, 2.24) is 5.32 Å². The summed E-state index contributed by atoms with van der Waals surface area (Å²) in [4.78, 5) is 21.6. The zero-order valence-corrected chi connectivity index (χ0v) is 12.0. The van der Waals surface area contributed by atoms with Crippen LogP contribution in [-0.2, 0) is 9.59 Å². The lowest BCUT2D eigenvalue weighted by Gasteiger charge is -2.09. The van der Waals surface area contributed by atoms with Gasteiger partial charge in [0.25, 0.3) is 0 Å². The van der Waals surface area contributed by atoms with Gasteiger partial charge >= 0.3 is 5.97 Å². The summed E-state index contributed by atoms with van der Waals surface area (Å²) >= 11 is 0. The van der Waals surface area contributed by atoms with E-state index in [4.69, 9.17) is 10.8 Å². The summed E-state index contributed by atoms with van der Waals surface area (Å²) in [5.74, 6) is -0.766. The Bertz CT molecular complexity index is 257. The van der Waals surface area contributed by atoms with Gasteiger partial charge < -0.3 is 16.2 Å². The van der Waals surface area contributed by atoms with Gasteiger partial charge in [0.15, 0.2) is 0 Å². The first kappa shape index (κ1) is 17.9. The maximum Gasteiger partial charge on any atom is 0.303 e. The third-order valence-electron chi connectivity index (χ3n) is 3.14. The molecule has 0 aromatic carbocycles. The van der Waals surface area contributed by atoms with Crippen LogP contribution in [0.1, 0.15) is 64.7 Å². The maximum absolute atomic E-state index is 11.4. The molecule has 1 unspecified atom stereocenters. The molecule has 0 fully saturated rings. The molecule has 0 aromatic rings. The molecule has 0 aliphatic rings. The molecule has 0 aliphatic heterocycles. The average molecular weight is 272 g/mol. The van der Waals surface area contributed by atoms with Crippen molar-refractivity contribution in [3.8, 4) is 0 Å². The molecule has 0 saturated carbocycles. The minimum Gasteiger partial charge on any atom is -0.481 e. The highest BCUT2D eigenvalue weighted by Crippen LogP contribution is 2.08. The van der Waals surface area contributed by atoms with Gasteiger partial charge in [0.2, 0.25) is 5.91 Å². The standard InChI is InChI=1S/C14H28N2O3/c1-2-12(15)14(19)16-11-9-7-5-3-4-6-8-10-13(17)18/h12H,2-11,15H2,1H3,(H,16,19)(H,17,18). The van der Waals surface area contributed by atoms with E-state index in [0.29, 0.717) is 13.0 Å². The lowest BCUT2D eigenvalue weighted by atomic mass is 10.1. The van der Waals surface area contributed by atoms with Crippen LogP contribution in [0.2, 0.25) is 0 Å². The molecule has 0 saturated heterocycles. The van der Waals surface area contributed by atoms with Crippen molar-refractivity contribution in [1.29, 1.82) is 0 Å². The van der Waals surface area contributed by atoms with E-state index in [-0.39, 0.29) is 18.4 Å². The lowest BCUT2D eigenvalue weighted by molar-refractivity contribution is -0.137. The molecule has 0 aliphatic carbocycles. The fraction of sp³-hybridized carbons (Fsp3) is 0.857. The Labute approximate surface area is 115 Å². The Hall–Kier alpha value is -1.10. The normalized spacial score (nSPS) is 12.1. The van der Waals surface area contributed by atoms with Crippen LogP contribution in [0, 0.1) is 0 Å². The summed E-state index contributed by atoms with van der Waals surface area (Å²) in [5.41, 5.74) is 5.59. The largest absolute Gasteiger partial charge is 0.481 e. The van der Waals surface area contributed by atoms with Crippen molar-refractivity contribution in [2.45, 2.75) is 70.8 Å². The molecule has 0 rings (SSSR count). The molecule has 5 nitrogen and oxygen atoms in total. The number of carboxylic acid groups (broad SMARTS) is 1. The third kappa shape index (κ3) is 11.7. The molecule has 112 valence electrons. The Morgan fingerprint density at radius 1 is 1.05 bits per heavy atom. The molecule has 1 atom stereocenters. The second-order valence-electron chi connectivity index (χ2n) is 4.92. The van der Waals surface area contributed by atoms with Gasteiger partial charge in [0, 0.05) is 13.0 Å². The second kappa shape index (κ2) is 12.0. The van der Waals surface area contributed by atoms with Gasteiger partial charge in [-0.2, -0.15) is 0 Å². The number of carbonyl (C=O) groups excluding carboxylic acids is 1. The number of aliphatic carboxylic acids is 1. The average Bonchev–Trinajstić information content (AvgIpc) is 2.39. The highest BCUT2D eigenvalue weighted by Gasteiger charge is 2.08. The van der Waals surface area contributed by atoms with Gasteiger partial charge in [-0.3, -0.25) is 9.59 Å². The van der Waals surface area contributed by atoms with Gasteiger partial charge in [0.1, 0.15) is 0 Å². The Kier molecular flexibility index (Phi) is 11.3. The molecule has 0 aromatic heterocycles. The summed E-state index contributed by atoms with van der Waals surface area (Å²) in [7, 11) is 0. The summed E-state index contributed by atoms with van der Waals surface area (Å²) in [6.07, 6.45) is 8.18. The first-order valence-electron chi connectivity index (χ1n) is 7.33. The first-order chi connectivity index (χ1) is 9.07. The van der Waals surface area contributed by atoms with Crippen LogP contribution < -0.4 is 11.1 Å². The number of carbonyl (C=O) groups is 2. The van der Waals surface area contributed by atoms with Crippen LogP contribution in [0.4, 0.5) is 0 Å². The van der Waals surface area contributed by atoms with E-state index in [9.17, 15) is 9.59 Å². The maximum atomic E-state index is 11.4. The summed E-state index contributed by atoms with van der Waals surface area (Å²) in [5, 5.41) is 11.3. The van der Waals surface area contributed by atoms with E-state index in [1.807, 2.05) is 6.92 Å². The minimum atomic E-state index is -0.707. The molecule has 0 spiro atoms. The number of nitrogens with one attached hydrogen (secondary N) is 1. The van der Waals surface area contributed by atoms with E-state index in [2.05, 4.69) is 5.32 Å². The molecule has 1 amide bonds. The molecular weight excluding hydrogens is 244 g/mol. The number of carboxylic acids is 1. The topological polar surface area (TPSA) is 92.4 Å². The van der Waals surface area contributed by atoms with Crippen LogP contribution in [0.5, 0.6) is 0 Å². The summed E-state index contributed by atoms with van der Waals surface area (Å²) < 4.78 is 0. The van der Waals surface area contributed by atoms with Gasteiger partial charge in [-0.05, 0) is 19.3 Å². The predicted octanol–water partition coefficient (Wildman–Crippen LogP) is 2.05. The molecule has 0 heterocycles. The molecule has 5 heteroatoms. The van der Waals surface area contributed by atoms with E-state index in [0.717, 1.165) is 44.9 Å². The quantitative estimate of drug-likeness (QED) is 0.474. The SMILES string of the molecule is CCC(N)C(=O)NCCCCCCCCCC(=O)O. The lowest BCUT2D eigenvalue weighted by Crippen LogP contribution is -2.40. The Morgan fingerprint density at radius 2 is 1.58 bits per heavy atom. The molecule has 19 heavy (non-hydrogen) atoms. The Balaban J connectivity index is 3.19. The molecule has 0 radical (unpaired) electrons. The zero-order chi connectivity index (χ0) is 14.5. The highest BCUT2D eigenvalue weighted by atomic mass is 16.4. The van der Waals surface area contributed by atoms with Crippen LogP contribution >= 0.6 is 0 Å². The van der Waals surface area contributed by atoms with Crippen molar-refractivity contribution in [2.24, 2.45) is 5.73 Å². The van der Waals surface area contributed by atoms with Crippen LogP contribution in [0.25, 0.3) is 0 Å². The minimum absolute atomic E-state index is 0.0591. The summed E-state index contributed by atoms with van der Waals surface area (Å²) in [6, 6.07) is -0.380. The Morgan fingerprint density at radius 3 is 2.11 bits per heavy atom. The van der Waals surface area contributed by atoms with E-state index >= 15 is 0 Å². The smallest absolute Gasteiger partial charge is 0.303 e. The fourth-order valence-corrected chi connectivity index (χ4v) is 1.81. The van der Waals surface area contributed by atoms with Crippen LogP contribution in [0.3, 0.4) is 0 Å². The second-order valence-corrected chi connectivity index (χ2v) is 4.92. The van der Waals surface area contributed by atoms with Gasteiger partial charge in [0.05, 0.1) is 6.04 Å². The molecular formula is C14H28N2O3. The van der Waals surface area contributed by atoms with Gasteiger partial charge in [-0.25, -0.2) is 0 Å². The number of unbranched alkanes of at least 4 members (excludes halogenated alkanes) is 6. The summed E-state index contributed by atoms with van der Waals surface area (Å²) in [6.45, 7) is 2.60. The van der Waals surface area contributed by atoms with Crippen LogP contribution in [0.15, 0.2) is 0 Å². The molecule has 0 bridgehead atoms.